The van der Waals surface area contributed by atoms with Gasteiger partial charge >= 0.3 is 11.9 Å². The molecule has 6 nitrogen and oxygen atoms in total. The minimum Gasteiger partial charge on any atom is -0.508 e. The molecule has 0 radical (unpaired) electrons. The van der Waals surface area contributed by atoms with Gasteiger partial charge in [-0.05, 0) is 131 Å². The summed E-state index contributed by atoms with van der Waals surface area (Å²) < 4.78 is 44.1. The standard InChI is InChI=1S/C22H25FO3.C21H23FO3/c1-22(2)11-5-6-19(22)17-12-14(21(24)26-4)7-9-16(17)18-13-15(25-3)8-10-20(18)23;1-21(2)10-4-5-18(21)16-11-13(20(24)25-3)6-8-15(16)17-12-14(23)7-9-19(17)22/h7-10,12-13,19H,5-6,11H2,1-4H3;6-9,11-12,18,23H,4-5,10H2,1-3H3. The van der Waals surface area contributed by atoms with E-state index in [0.29, 0.717) is 28.0 Å². The summed E-state index contributed by atoms with van der Waals surface area (Å²) in [5.41, 5.74) is 5.46. The van der Waals surface area contributed by atoms with Gasteiger partial charge in [-0.25, -0.2) is 18.4 Å². The molecule has 0 aliphatic heterocycles. The van der Waals surface area contributed by atoms with Gasteiger partial charge in [-0.1, -0.05) is 52.7 Å². The van der Waals surface area contributed by atoms with Crippen LogP contribution in [0, 0.1) is 22.5 Å². The van der Waals surface area contributed by atoms with E-state index in [-0.39, 0.29) is 46.0 Å². The minimum absolute atomic E-state index is 0.0186. The quantitative estimate of drug-likeness (QED) is 0.194. The van der Waals surface area contributed by atoms with Crippen molar-refractivity contribution < 1.29 is 37.7 Å². The Morgan fingerprint density at radius 3 is 1.49 bits per heavy atom. The maximum absolute atomic E-state index is 14.6. The van der Waals surface area contributed by atoms with Gasteiger partial charge in [0, 0.05) is 11.1 Å². The molecule has 1 N–H and O–H groups in total. The number of carbonyl (C=O) groups excluding carboxylic acids is 2. The van der Waals surface area contributed by atoms with Gasteiger partial charge in [0.2, 0.25) is 0 Å². The fourth-order valence-electron chi connectivity index (χ4n) is 8.05. The number of rotatable bonds is 7. The van der Waals surface area contributed by atoms with Gasteiger partial charge in [-0.2, -0.15) is 0 Å². The highest BCUT2D eigenvalue weighted by atomic mass is 19.1. The van der Waals surface area contributed by atoms with Crippen LogP contribution in [0.15, 0.2) is 72.8 Å². The van der Waals surface area contributed by atoms with Crippen LogP contribution in [0.25, 0.3) is 22.3 Å². The molecule has 2 aliphatic carbocycles. The van der Waals surface area contributed by atoms with E-state index in [1.54, 1.807) is 37.4 Å². The van der Waals surface area contributed by atoms with Gasteiger partial charge in [0.1, 0.15) is 23.1 Å². The van der Waals surface area contributed by atoms with E-state index in [2.05, 4.69) is 27.7 Å². The summed E-state index contributed by atoms with van der Waals surface area (Å²) in [5, 5.41) is 9.80. The molecule has 0 heterocycles. The van der Waals surface area contributed by atoms with E-state index < -0.39 is 5.97 Å². The molecular formula is C43H48F2O6. The number of methoxy groups -OCH3 is 3. The Balaban J connectivity index is 0.000000198. The molecule has 4 aromatic carbocycles. The second kappa shape index (κ2) is 15.3. The average molecular weight is 699 g/mol. The molecule has 0 bridgehead atoms. The van der Waals surface area contributed by atoms with E-state index in [1.807, 2.05) is 18.2 Å². The molecule has 6 rings (SSSR count). The third-order valence-corrected chi connectivity index (χ3v) is 10.9. The Morgan fingerprint density at radius 2 is 1.08 bits per heavy atom. The van der Waals surface area contributed by atoms with Gasteiger partial charge < -0.3 is 19.3 Å². The largest absolute Gasteiger partial charge is 0.508 e. The predicted octanol–water partition coefficient (Wildman–Crippen LogP) is 10.9. The number of esters is 2. The Hall–Kier alpha value is -4.72. The number of hydrogen-bond donors (Lipinski definition) is 1. The highest BCUT2D eigenvalue weighted by Gasteiger charge is 2.38. The average Bonchev–Trinajstić information content (AvgIpc) is 3.67. The number of hydrogen-bond acceptors (Lipinski definition) is 6. The monoisotopic (exact) mass is 698 g/mol. The molecule has 0 amide bonds. The summed E-state index contributed by atoms with van der Waals surface area (Å²) in [6.07, 6.45) is 6.44. The van der Waals surface area contributed by atoms with Crippen molar-refractivity contribution in [1.29, 1.82) is 0 Å². The normalized spacial score (nSPS) is 18.8. The van der Waals surface area contributed by atoms with Crippen molar-refractivity contribution in [3.05, 3.63) is 107 Å². The van der Waals surface area contributed by atoms with Crippen molar-refractivity contribution >= 4 is 11.9 Å². The summed E-state index contributed by atoms with van der Waals surface area (Å²) in [6.45, 7) is 8.89. The first-order valence-electron chi connectivity index (χ1n) is 17.5. The SMILES string of the molecule is COC(=O)c1ccc(-c2cc(O)ccc2F)c(C2CCCC2(C)C)c1.COC(=O)c1ccc(-c2cc(OC)ccc2F)c(C2CCCC2(C)C)c1. The molecule has 8 heteroatoms. The summed E-state index contributed by atoms with van der Waals surface area (Å²) in [7, 11) is 4.29. The molecule has 270 valence electrons. The second-order valence-electron chi connectivity index (χ2n) is 15.0. The molecule has 51 heavy (non-hydrogen) atoms. The van der Waals surface area contributed by atoms with Crippen molar-refractivity contribution in [2.24, 2.45) is 10.8 Å². The first-order chi connectivity index (χ1) is 24.2. The van der Waals surface area contributed by atoms with Crippen LogP contribution >= 0.6 is 0 Å². The van der Waals surface area contributed by atoms with Crippen molar-refractivity contribution in [3.63, 3.8) is 0 Å². The summed E-state index contributed by atoms with van der Waals surface area (Å²) in [6, 6.07) is 19.4. The number of phenols is 1. The van der Waals surface area contributed by atoms with Crippen LogP contribution in [-0.2, 0) is 9.47 Å². The zero-order valence-electron chi connectivity index (χ0n) is 30.6. The Kier molecular flexibility index (Phi) is 11.2. The van der Waals surface area contributed by atoms with Gasteiger partial charge in [0.05, 0.1) is 32.5 Å². The van der Waals surface area contributed by atoms with E-state index in [1.165, 1.54) is 38.5 Å². The molecule has 0 spiro atoms. The Morgan fingerprint density at radius 1 is 0.627 bits per heavy atom. The molecule has 4 aromatic rings. The smallest absolute Gasteiger partial charge is 0.337 e. The molecular weight excluding hydrogens is 650 g/mol. The number of ether oxygens (including phenoxy) is 3. The first-order valence-corrected chi connectivity index (χ1v) is 17.5. The fraction of sp³-hybridized carbons (Fsp3) is 0.395. The lowest BCUT2D eigenvalue weighted by molar-refractivity contribution is 0.0591. The maximum Gasteiger partial charge on any atom is 0.337 e. The highest BCUT2D eigenvalue weighted by molar-refractivity contribution is 5.91. The van der Waals surface area contributed by atoms with Crippen LogP contribution in [0.2, 0.25) is 0 Å². The molecule has 2 fully saturated rings. The zero-order chi connectivity index (χ0) is 37.1. The van der Waals surface area contributed by atoms with Crippen molar-refractivity contribution in [2.75, 3.05) is 21.3 Å². The molecule has 2 saturated carbocycles. The lowest BCUT2D eigenvalue weighted by atomic mass is 9.75. The Bertz CT molecular complexity index is 1910. The Labute approximate surface area is 299 Å². The van der Waals surface area contributed by atoms with Crippen LogP contribution in [0.1, 0.15) is 110 Å². The van der Waals surface area contributed by atoms with Gasteiger partial charge in [-0.15, -0.1) is 0 Å². The molecule has 0 aromatic heterocycles. The summed E-state index contributed by atoms with van der Waals surface area (Å²) >= 11 is 0. The van der Waals surface area contributed by atoms with Crippen molar-refractivity contribution in [3.8, 4) is 33.8 Å². The van der Waals surface area contributed by atoms with Crippen LogP contribution in [0.4, 0.5) is 8.78 Å². The molecule has 0 saturated heterocycles. The number of aromatic hydroxyl groups is 1. The van der Waals surface area contributed by atoms with E-state index in [9.17, 15) is 23.5 Å². The number of halogens is 2. The fourth-order valence-corrected chi connectivity index (χ4v) is 8.05. The number of phenolic OH excluding ortho intramolecular Hbond substituents is 1. The lowest BCUT2D eigenvalue weighted by Crippen LogP contribution is -2.17. The maximum atomic E-state index is 14.6. The second-order valence-corrected chi connectivity index (χ2v) is 15.0. The van der Waals surface area contributed by atoms with Gasteiger partial charge in [-0.3, -0.25) is 0 Å². The zero-order valence-corrected chi connectivity index (χ0v) is 30.6. The highest BCUT2D eigenvalue weighted by Crippen LogP contribution is 2.53. The minimum atomic E-state index is -0.403. The van der Waals surface area contributed by atoms with Crippen LogP contribution in [0.3, 0.4) is 0 Å². The van der Waals surface area contributed by atoms with Gasteiger partial charge in [0.15, 0.2) is 0 Å². The van der Waals surface area contributed by atoms with Crippen LogP contribution in [-0.4, -0.2) is 38.4 Å². The number of carbonyl (C=O) groups is 2. The third kappa shape index (κ3) is 7.95. The molecule has 2 atom stereocenters. The van der Waals surface area contributed by atoms with E-state index >= 15 is 0 Å². The van der Waals surface area contributed by atoms with Crippen LogP contribution < -0.4 is 4.74 Å². The lowest BCUT2D eigenvalue weighted by Gasteiger charge is -2.29. The summed E-state index contributed by atoms with van der Waals surface area (Å²) in [4.78, 5) is 24.0. The van der Waals surface area contributed by atoms with Gasteiger partial charge in [0.25, 0.3) is 0 Å². The topological polar surface area (TPSA) is 82.1 Å². The number of benzene rings is 4. The van der Waals surface area contributed by atoms with E-state index in [4.69, 9.17) is 14.2 Å². The molecule has 2 unspecified atom stereocenters. The predicted molar refractivity (Wildman–Crippen MR) is 195 cm³/mol. The van der Waals surface area contributed by atoms with E-state index in [0.717, 1.165) is 60.8 Å². The van der Waals surface area contributed by atoms with Crippen molar-refractivity contribution in [1.82, 2.24) is 0 Å². The molecule has 2 aliphatic rings. The van der Waals surface area contributed by atoms with Crippen LogP contribution in [0.5, 0.6) is 11.5 Å². The summed E-state index contributed by atoms with van der Waals surface area (Å²) in [5.74, 6) is -0.365. The first kappa shape index (κ1) is 37.5. The third-order valence-electron chi connectivity index (χ3n) is 10.9. The van der Waals surface area contributed by atoms with Crippen molar-refractivity contribution in [2.45, 2.75) is 78.1 Å².